The third-order valence-electron chi connectivity index (χ3n) is 1.46. The molecule has 5 heteroatoms. The lowest BCUT2D eigenvalue weighted by Gasteiger charge is -2.18. The Morgan fingerprint density at radius 3 is 2.60 bits per heavy atom. The van der Waals surface area contributed by atoms with E-state index in [-0.39, 0.29) is 11.3 Å². The monoisotopic (exact) mass is 210 g/mol. The van der Waals surface area contributed by atoms with Gasteiger partial charge in [-0.15, -0.1) is 0 Å². The molecule has 0 aromatic carbocycles. The van der Waals surface area contributed by atoms with Crippen LogP contribution in [-0.4, -0.2) is 16.5 Å². The molecule has 1 heterocycles. The molecule has 1 aromatic heterocycles. The second kappa shape index (κ2) is 4.27. The summed E-state index contributed by atoms with van der Waals surface area (Å²) in [5.74, 6) is -0.470. The van der Waals surface area contributed by atoms with Crippen molar-refractivity contribution >= 4 is 5.91 Å². The number of pyridine rings is 1. The van der Waals surface area contributed by atoms with Crippen molar-refractivity contribution in [2.75, 3.05) is 0 Å². The van der Waals surface area contributed by atoms with Gasteiger partial charge in [-0.05, 0) is 26.8 Å². The average molecular weight is 210 g/mol. The lowest BCUT2D eigenvalue weighted by Crippen LogP contribution is -2.34. The quantitative estimate of drug-likeness (QED) is 0.710. The van der Waals surface area contributed by atoms with Crippen LogP contribution in [0.5, 0.6) is 0 Å². The molecule has 1 amide bonds. The zero-order valence-electron chi connectivity index (χ0n) is 8.96. The normalized spacial score (nSPS) is 11.1. The van der Waals surface area contributed by atoms with E-state index in [4.69, 9.17) is 4.84 Å². The molecule has 0 aliphatic heterocycles. The van der Waals surface area contributed by atoms with E-state index >= 15 is 0 Å². The summed E-state index contributed by atoms with van der Waals surface area (Å²) in [4.78, 5) is 29.8. The minimum atomic E-state index is -0.470. The third-order valence-corrected chi connectivity index (χ3v) is 1.46. The first-order valence-electron chi connectivity index (χ1n) is 4.56. The number of carbonyl (C=O) groups excluding carboxylic acids is 1. The van der Waals surface area contributed by atoms with Crippen LogP contribution in [0.1, 0.15) is 31.3 Å². The number of amides is 1. The molecule has 2 N–H and O–H groups in total. The van der Waals surface area contributed by atoms with Crippen LogP contribution in [0.2, 0.25) is 0 Å². The number of aromatic amines is 1. The lowest BCUT2D eigenvalue weighted by molar-refractivity contribution is -0.0591. The molecule has 0 saturated heterocycles. The first kappa shape index (κ1) is 11.5. The number of carbonyl (C=O) groups is 1. The Kier molecular flexibility index (Phi) is 3.26. The number of aromatic nitrogens is 1. The maximum Gasteiger partial charge on any atom is 0.291 e. The van der Waals surface area contributed by atoms with Crippen LogP contribution in [0.25, 0.3) is 0 Å². The maximum absolute atomic E-state index is 11.4. The summed E-state index contributed by atoms with van der Waals surface area (Å²) in [6.07, 6.45) is 0. The van der Waals surface area contributed by atoms with Crippen molar-refractivity contribution in [3.05, 3.63) is 34.2 Å². The standard InChI is InChI=1S/C10H14N2O3/c1-10(2,3)15-12-9(14)7-5-4-6-8(13)11-7/h4-6H,1-3H3,(H,11,13)(H,12,14). The highest BCUT2D eigenvalue weighted by Crippen LogP contribution is 2.04. The molecule has 82 valence electrons. The summed E-state index contributed by atoms with van der Waals surface area (Å²) in [6, 6.07) is 4.34. The highest BCUT2D eigenvalue weighted by molar-refractivity contribution is 5.91. The number of H-pyrrole nitrogens is 1. The molecule has 0 radical (unpaired) electrons. The van der Waals surface area contributed by atoms with Gasteiger partial charge < -0.3 is 4.98 Å². The lowest BCUT2D eigenvalue weighted by atomic mass is 10.2. The van der Waals surface area contributed by atoms with E-state index in [1.165, 1.54) is 18.2 Å². The molecule has 0 aliphatic rings. The van der Waals surface area contributed by atoms with E-state index in [2.05, 4.69) is 10.5 Å². The minimum absolute atomic E-state index is 0.173. The molecule has 0 spiro atoms. The molecule has 0 saturated carbocycles. The van der Waals surface area contributed by atoms with Crippen molar-refractivity contribution in [3.63, 3.8) is 0 Å². The van der Waals surface area contributed by atoms with Gasteiger partial charge in [0.15, 0.2) is 0 Å². The van der Waals surface area contributed by atoms with Gasteiger partial charge >= 0.3 is 0 Å². The molecule has 0 fully saturated rings. The fraction of sp³-hybridized carbons (Fsp3) is 0.400. The molecule has 1 aromatic rings. The number of nitrogens with one attached hydrogen (secondary N) is 2. The molecule has 0 atom stereocenters. The van der Waals surface area contributed by atoms with Crippen molar-refractivity contribution in [2.45, 2.75) is 26.4 Å². The van der Waals surface area contributed by atoms with Crippen LogP contribution in [-0.2, 0) is 4.84 Å². The van der Waals surface area contributed by atoms with Gasteiger partial charge in [0, 0.05) is 6.07 Å². The predicted molar refractivity (Wildman–Crippen MR) is 55.4 cm³/mol. The molecule has 0 bridgehead atoms. The van der Waals surface area contributed by atoms with E-state index in [0.29, 0.717) is 0 Å². The van der Waals surface area contributed by atoms with Gasteiger partial charge in [0.05, 0.1) is 5.60 Å². The maximum atomic E-state index is 11.4. The van der Waals surface area contributed by atoms with Crippen molar-refractivity contribution in [2.24, 2.45) is 0 Å². The smallest absolute Gasteiger partial charge is 0.291 e. The fourth-order valence-corrected chi connectivity index (χ4v) is 0.835. The van der Waals surface area contributed by atoms with Crippen molar-refractivity contribution in [1.82, 2.24) is 10.5 Å². The Bertz CT molecular complexity index is 404. The largest absolute Gasteiger partial charge is 0.318 e. The molecule has 0 aliphatic carbocycles. The van der Waals surface area contributed by atoms with Gasteiger partial charge in [0.1, 0.15) is 5.69 Å². The summed E-state index contributed by atoms with van der Waals surface area (Å²) in [5, 5.41) is 0. The Hall–Kier alpha value is -1.62. The Morgan fingerprint density at radius 1 is 1.40 bits per heavy atom. The van der Waals surface area contributed by atoms with Crippen molar-refractivity contribution in [1.29, 1.82) is 0 Å². The molecule has 0 unspecified atom stereocenters. The van der Waals surface area contributed by atoms with E-state index < -0.39 is 11.5 Å². The van der Waals surface area contributed by atoms with E-state index in [0.717, 1.165) is 0 Å². The van der Waals surface area contributed by atoms with Crippen molar-refractivity contribution < 1.29 is 9.63 Å². The SMILES string of the molecule is CC(C)(C)ONC(=O)c1cccc(=O)[nH]1. The number of hydroxylamine groups is 1. The van der Waals surface area contributed by atoms with Gasteiger partial charge in [-0.1, -0.05) is 6.07 Å². The van der Waals surface area contributed by atoms with E-state index in [1.54, 1.807) is 20.8 Å². The Morgan fingerprint density at radius 2 is 2.07 bits per heavy atom. The van der Waals surface area contributed by atoms with Gasteiger partial charge in [-0.3, -0.25) is 14.4 Å². The summed E-state index contributed by atoms with van der Waals surface area (Å²) in [5.41, 5.74) is 1.64. The second-order valence-corrected chi connectivity index (χ2v) is 4.07. The van der Waals surface area contributed by atoms with Crippen LogP contribution >= 0.6 is 0 Å². The first-order chi connectivity index (χ1) is 6.88. The van der Waals surface area contributed by atoms with E-state index in [9.17, 15) is 9.59 Å². The number of hydrogen-bond donors (Lipinski definition) is 2. The number of hydrogen-bond acceptors (Lipinski definition) is 3. The predicted octanol–water partition coefficient (Wildman–Crippen LogP) is 0.835. The molecule has 1 rings (SSSR count). The van der Waals surface area contributed by atoms with Crippen LogP contribution in [0.3, 0.4) is 0 Å². The van der Waals surface area contributed by atoms with E-state index in [1.807, 2.05) is 0 Å². The molecular formula is C10H14N2O3. The zero-order valence-corrected chi connectivity index (χ0v) is 8.96. The second-order valence-electron chi connectivity index (χ2n) is 4.07. The zero-order chi connectivity index (χ0) is 11.5. The van der Waals surface area contributed by atoms with Gasteiger partial charge in [0.25, 0.3) is 5.91 Å². The van der Waals surface area contributed by atoms with Crippen LogP contribution < -0.4 is 11.0 Å². The third kappa shape index (κ3) is 3.95. The van der Waals surface area contributed by atoms with Crippen LogP contribution in [0.4, 0.5) is 0 Å². The summed E-state index contributed by atoms with van der Waals surface area (Å²) < 4.78 is 0. The molecule has 5 nitrogen and oxygen atoms in total. The summed E-state index contributed by atoms with van der Waals surface area (Å²) in [7, 11) is 0. The fourth-order valence-electron chi connectivity index (χ4n) is 0.835. The molecule has 15 heavy (non-hydrogen) atoms. The highest BCUT2D eigenvalue weighted by atomic mass is 16.7. The topological polar surface area (TPSA) is 71.2 Å². The summed E-state index contributed by atoms with van der Waals surface area (Å²) >= 11 is 0. The van der Waals surface area contributed by atoms with Crippen molar-refractivity contribution in [3.8, 4) is 0 Å². The average Bonchev–Trinajstić information content (AvgIpc) is 2.13. The molecular weight excluding hydrogens is 196 g/mol. The van der Waals surface area contributed by atoms with Gasteiger partial charge in [0.2, 0.25) is 5.56 Å². The Balaban J connectivity index is 2.66. The summed E-state index contributed by atoms with van der Waals surface area (Å²) in [6.45, 7) is 5.42. The van der Waals surface area contributed by atoms with Crippen LogP contribution in [0, 0.1) is 0 Å². The number of rotatable bonds is 2. The Labute approximate surface area is 87.4 Å². The minimum Gasteiger partial charge on any atom is -0.318 e. The van der Waals surface area contributed by atoms with Gasteiger partial charge in [-0.25, -0.2) is 5.48 Å². The first-order valence-corrected chi connectivity index (χ1v) is 4.56. The van der Waals surface area contributed by atoms with Crippen LogP contribution in [0.15, 0.2) is 23.0 Å². The highest BCUT2D eigenvalue weighted by Gasteiger charge is 2.13. The van der Waals surface area contributed by atoms with Gasteiger partial charge in [-0.2, -0.15) is 0 Å².